The summed E-state index contributed by atoms with van der Waals surface area (Å²) in [7, 11) is 0. The van der Waals surface area contributed by atoms with Crippen molar-refractivity contribution in [2.75, 3.05) is 26.3 Å². The van der Waals surface area contributed by atoms with Gasteiger partial charge in [-0.1, -0.05) is 0 Å². The Hall–Kier alpha value is -0.840. The van der Waals surface area contributed by atoms with Crippen molar-refractivity contribution in [1.82, 2.24) is 4.90 Å². The van der Waals surface area contributed by atoms with Crippen LogP contribution < -0.4 is 0 Å². The third kappa shape index (κ3) is 2.89. The van der Waals surface area contributed by atoms with Crippen LogP contribution in [0.25, 0.3) is 0 Å². The van der Waals surface area contributed by atoms with Crippen molar-refractivity contribution in [3.8, 4) is 0 Å². The first-order chi connectivity index (χ1) is 10.4. The van der Waals surface area contributed by atoms with Gasteiger partial charge in [-0.2, -0.15) is 0 Å². The molecule has 2 fully saturated rings. The fraction of sp³-hybridized carbons (Fsp3) is 0.765. The Morgan fingerprint density at radius 1 is 1.14 bits per heavy atom. The van der Waals surface area contributed by atoms with Crippen molar-refractivity contribution in [1.29, 1.82) is 0 Å². The first-order valence-corrected chi connectivity index (χ1v) is 8.43. The van der Waals surface area contributed by atoms with Crippen LogP contribution >= 0.6 is 0 Å². The summed E-state index contributed by atoms with van der Waals surface area (Å²) >= 11 is 0. The zero-order chi connectivity index (χ0) is 14.1. The highest BCUT2D eigenvalue weighted by molar-refractivity contribution is 5.24. The molecule has 3 aliphatic rings. The van der Waals surface area contributed by atoms with E-state index in [1.807, 2.05) is 0 Å². The molecule has 116 valence electrons. The Bertz CT molecular complexity index is 464. The van der Waals surface area contributed by atoms with Crippen LogP contribution in [0.5, 0.6) is 0 Å². The standard InChI is InChI=1S/C17H25NO3/c1-2-14(7-10-19-9-1)18-8-5-15(12-18)21-16-4-3-13-6-11-20-17(13)16/h6,11,14-16H,1-5,7-10,12H2/t14?,15-,16?/m1/s1. The molecule has 4 heteroatoms. The average Bonchev–Trinajstić information content (AvgIpc) is 3.15. The van der Waals surface area contributed by atoms with Crippen LogP contribution in [0.1, 0.15) is 49.5 Å². The van der Waals surface area contributed by atoms with Gasteiger partial charge in [0.25, 0.3) is 0 Å². The largest absolute Gasteiger partial charge is 0.466 e. The lowest BCUT2D eigenvalue weighted by Crippen LogP contribution is -2.34. The summed E-state index contributed by atoms with van der Waals surface area (Å²) in [6, 6.07) is 2.79. The van der Waals surface area contributed by atoms with Gasteiger partial charge in [-0.05, 0) is 50.2 Å². The maximum Gasteiger partial charge on any atom is 0.135 e. The molecule has 1 aromatic heterocycles. The number of rotatable bonds is 3. The summed E-state index contributed by atoms with van der Waals surface area (Å²) in [6.07, 6.45) is 9.36. The molecule has 3 heterocycles. The van der Waals surface area contributed by atoms with Crippen molar-refractivity contribution in [3.05, 3.63) is 23.7 Å². The van der Waals surface area contributed by atoms with Gasteiger partial charge in [-0.15, -0.1) is 0 Å². The number of nitrogens with zero attached hydrogens (tertiary/aromatic N) is 1. The highest BCUT2D eigenvalue weighted by Gasteiger charge is 2.34. The van der Waals surface area contributed by atoms with E-state index in [2.05, 4.69) is 11.0 Å². The van der Waals surface area contributed by atoms with Gasteiger partial charge in [0.15, 0.2) is 0 Å². The van der Waals surface area contributed by atoms with Crippen LogP contribution in [-0.2, 0) is 15.9 Å². The molecule has 0 bridgehead atoms. The Balaban J connectivity index is 1.32. The smallest absolute Gasteiger partial charge is 0.135 e. The maximum absolute atomic E-state index is 6.34. The Morgan fingerprint density at radius 2 is 2.14 bits per heavy atom. The second-order valence-corrected chi connectivity index (χ2v) is 6.58. The second kappa shape index (κ2) is 6.11. The molecule has 0 amide bonds. The molecule has 1 aliphatic carbocycles. The second-order valence-electron chi connectivity index (χ2n) is 6.58. The van der Waals surface area contributed by atoms with Crippen LogP contribution in [-0.4, -0.2) is 43.3 Å². The SMILES string of the molecule is c1cc2c(o1)C(O[C@@H]1CCN(C3CCCOCC3)C1)CC2. The fourth-order valence-corrected chi connectivity index (χ4v) is 4.06. The summed E-state index contributed by atoms with van der Waals surface area (Å²) in [6.45, 7) is 4.11. The number of ether oxygens (including phenoxy) is 2. The Morgan fingerprint density at radius 3 is 3.14 bits per heavy atom. The first-order valence-electron chi connectivity index (χ1n) is 8.43. The molecule has 1 aromatic rings. The van der Waals surface area contributed by atoms with Gasteiger partial charge < -0.3 is 13.9 Å². The molecule has 0 saturated carbocycles. The molecule has 0 radical (unpaired) electrons. The lowest BCUT2D eigenvalue weighted by Gasteiger charge is -2.26. The molecular weight excluding hydrogens is 266 g/mol. The van der Waals surface area contributed by atoms with Crippen molar-refractivity contribution >= 4 is 0 Å². The minimum absolute atomic E-state index is 0.192. The number of hydrogen-bond acceptors (Lipinski definition) is 4. The normalized spacial score (nSPS) is 34.0. The molecular formula is C17H25NO3. The van der Waals surface area contributed by atoms with Crippen LogP contribution in [0, 0.1) is 0 Å². The number of hydrogen-bond donors (Lipinski definition) is 0. The van der Waals surface area contributed by atoms with Crippen molar-refractivity contribution in [2.45, 2.75) is 56.8 Å². The molecule has 0 spiro atoms. The predicted octanol–water partition coefficient (Wildman–Crippen LogP) is 2.93. The molecule has 2 saturated heterocycles. The van der Waals surface area contributed by atoms with E-state index in [0.717, 1.165) is 44.8 Å². The van der Waals surface area contributed by atoms with E-state index in [1.54, 1.807) is 6.26 Å². The van der Waals surface area contributed by atoms with Crippen LogP contribution in [0.2, 0.25) is 0 Å². The molecule has 2 unspecified atom stereocenters. The fourth-order valence-electron chi connectivity index (χ4n) is 4.06. The summed E-state index contributed by atoms with van der Waals surface area (Å²) in [5.41, 5.74) is 1.34. The minimum atomic E-state index is 0.192. The topological polar surface area (TPSA) is 34.8 Å². The molecule has 4 rings (SSSR count). The van der Waals surface area contributed by atoms with E-state index in [9.17, 15) is 0 Å². The third-order valence-electron chi connectivity index (χ3n) is 5.22. The summed E-state index contributed by atoms with van der Waals surface area (Å²) < 4.78 is 17.5. The van der Waals surface area contributed by atoms with E-state index in [1.165, 1.54) is 31.4 Å². The van der Waals surface area contributed by atoms with Crippen LogP contribution in [0.15, 0.2) is 16.7 Å². The summed E-state index contributed by atoms with van der Waals surface area (Å²) in [5.74, 6) is 1.08. The maximum atomic E-state index is 6.34. The monoisotopic (exact) mass is 291 g/mol. The molecule has 0 aromatic carbocycles. The van der Waals surface area contributed by atoms with Gasteiger partial charge in [-0.3, -0.25) is 4.90 Å². The minimum Gasteiger partial charge on any atom is -0.466 e. The highest BCUT2D eigenvalue weighted by Crippen LogP contribution is 2.37. The van der Waals surface area contributed by atoms with Crippen molar-refractivity contribution in [3.63, 3.8) is 0 Å². The van der Waals surface area contributed by atoms with Gasteiger partial charge in [0.2, 0.25) is 0 Å². The lowest BCUT2D eigenvalue weighted by molar-refractivity contribution is -0.0189. The van der Waals surface area contributed by atoms with Crippen LogP contribution in [0.3, 0.4) is 0 Å². The van der Waals surface area contributed by atoms with Gasteiger partial charge in [0.1, 0.15) is 11.9 Å². The highest BCUT2D eigenvalue weighted by atomic mass is 16.5. The van der Waals surface area contributed by atoms with Gasteiger partial charge >= 0.3 is 0 Å². The lowest BCUT2D eigenvalue weighted by atomic mass is 10.1. The third-order valence-corrected chi connectivity index (χ3v) is 5.22. The van der Waals surface area contributed by atoms with E-state index in [0.29, 0.717) is 12.1 Å². The molecule has 3 atom stereocenters. The summed E-state index contributed by atoms with van der Waals surface area (Å²) in [5, 5.41) is 0. The van der Waals surface area contributed by atoms with E-state index < -0.39 is 0 Å². The van der Waals surface area contributed by atoms with Crippen LogP contribution in [0.4, 0.5) is 0 Å². The zero-order valence-corrected chi connectivity index (χ0v) is 12.6. The molecule has 21 heavy (non-hydrogen) atoms. The average molecular weight is 291 g/mol. The van der Waals surface area contributed by atoms with E-state index in [-0.39, 0.29) is 6.10 Å². The number of furan rings is 1. The van der Waals surface area contributed by atoms with Crippen molar-refractivity contribution < 1.29 is 13.9 Å². The van der Waals surface area contributed by atoms with Crippen molar-refractivity contribution in [2.24, 2.45) is 0 Å². The first kappa shape index (κ1) is 13.8. The van der Waals surface area contributed by atoms with Gasteiger partial charge in [-0.25, -0.2) is 0 Å². The van der Waals surface area contributed by atoms with E-state index >= 15 is 0 Å². The summed E-state index contributed by atoms with van der Waals surface area (Å²) in [4.78, 5) is 2.62. The molecule has 2 aliphatic heterocycles. The van der Waals surface area contributed by atoms with E-state index in [4.69, 9.17) is 13.9 Å². The molecule has 0 N–H and O–H groups in total. The Kier molecular flexibility index (Phi) is 4.01. The number of likely N-dealkylation sites (tertiary alicyclic amines) is 1. The van der Waals surface area contributed by atoms with Gasteiger partial charge in [0, 0.05) is 32.3 Å². The number of aryl methyl sites for hydroxylation is 1. The zero-order valence-electron chi connectivity index (χ0n) is 12.6. The predicted molar refractivity (Wildman–Crippen MR) is 79.3 cm³/mol. The Labute approximate surface area is 126 Å². The quantitative estimate of drug-likeness (QED) is 0.857. The number of fused-ring (bicyclic) bond motifs is 1. The molecule has 4 nitrogen and oxygen atoms in total. The van der Waals surface area contributed by atoms with Gasteiger partial charge in [0.05, 0.1) is 12.4 Å².